The van der Waals surface area contributed by atoms with E-state index in [1.807, 2.05) is 46.9 Å². The van der Waals surface area contributed by atoms with Gasteiger partial charge in [-0.1, -0.05) is 55.9 Å². The van der Waals surface area contributed by atoms with Crippen molar-refractivity contribution in [1.82, 2.24) is 19.2 Å². The van der Waals surface area contributed by atoms with Crippen molar-refractivity contribution in [2.75, 3.05) is 17.8 Å². The largest absolute Gasteiger partial charge is 0.268 e. The number of rotatable bonds is 6. The predicted octanol–water partition coefficient (Wildman–Crippen LogP) is 3.29. The van der Waals surface area contributed by atoms with Crippen LogP contribution < -0.4 is 5.56 Å². The van der Waals surface area contributed by atoms with Gasteiger partial charge in [0.05, 0.1) is 22.3 Å². The number of hydrogen-bond acceptors (Lipinski definition) is 6. The molecule has 2 heterocycles. The molecular formula is C21H22N4O3S2. The first-order chi connectivity index (χ1) is 14.3. The van der Waals surface area contributed by atoms with Crippen LogP contribution in [-0.4, -0.2) is 45.3 Å². The van der Waals surface area contributed by atoms with Crippen molar-refractivity contribution in [1.29, 1.82) is 0 Å². The Bertz CT molecular complexity index is 1410. The highest BCUT2D eigenvalue weighted by atomic mass is 32.2. The fraction of sp³-hybridized carbons (Fsp3) is 0.286. The summed E-state index contributed by atoms with van der Waals surface area (Å²) in [6.07, 6.45) is 1.21. The highest BCUT2D eigenvalue weighted by Gasteiger charge is 2.20. The zero-order valence-electron chi connectivity index (χ0n) is 16.9. The van der Waals surface area contributed by atoms with Crippen LogP contribution in [0, 0.1) is 0 Å². The molecule has 0 atom stereocenters. The molecule has 0 spiro atoms. The summed E-state index contributed by atoms with van der Waals surface area (Å²) in [4.78, 5) is 13.5. The molecule has 0 unspecified atom stereocenters. The molecule has 156 valence electrons. The average Bonchev–Trinajstić information content (AvgIpc) is 3.11. The molecule has 9 heteroatoms. The molecule has 2 aromatic carbocycles. The van der Waals surface area contributed by atoms with Gasteiger partial charge in [-0.25, -0.2) is 13.0 Å². The molecule has 4 aromatic rings. The van der Waals surface area contributed by atoms with Crippen LogP contribution in [0.2, 0.25) is 0 Å². The highest BCUT2D eigenvalue weighted by molar-refractivity contribution is 8.00. The van der Waals surface area contributed by atoms with Gasteiger partial charge in [0.1, 0.15) is 9.84 Å². The Morgan fingerprint density at radius 1 is 1.03 bits per heavy atom. The third-order valence-corrected chi connectivity index (χ3v) is 7.01. The van der Waals surface area contributed by atoms with Crippen molar-refractivity contribution in [3.63, 3.8) is 0 Å². The van der Waals surface area contributed by atoms with Crippen LogP contribution in [0.15, 0.2) is 58.5 Å². The number of thioether (sulfide) groups is 1. The Balaban J connectivity index is 2.00. The molecule has 0 N–H and O–H groups in total. The van der Waals surface area contributed by atoms with E-state index in [0.29, 0.717) is 27.6 Å². The monoisotopic (exact) mass is 442 g/mol. The lowest BCUT2D eigenvalue weighted by atomic mass is 10.0. The first-order valence-electron chi connectivity index (χ1n) is 9.56. The van der Waals surface area contributed by atoms with Crippen molar-refractivity contribution < 1.29 is 8.42 Å². The molecular weight excluding hydrogens is 420 g/mol. The van der Waals surface area contributed by atoms with E-state index in [1.54, 1.807) is 10.6 Å². The van der Waals surface area contributed by atoms with Crippen molar-refractivity contribution >= 4 is 38.3 Å². The smallest absolute Gasteiger partial charge is 0.267 e. The number of sulfone groups is 1. The van der Waals surface area contributed by atoms with Gasteiger partial charge in [-0.15, -0.1) is 10.2 Å². The number of hydrogen-bond donors (Lipinski definition) is 0. The summed E-state index contributed by atoms with van der Waals surface area (Å²) in [7, 11) is -3.08. The fourth-order valence-electron chi connectivity index (χ4n) is 3.45. The van der Waals surface area contributed by atoms with Crippen LogP contribution >= 0.6 is 11.8 Å². The van der Waals surface area contributed by atoms with Crippen LogP contribution in [0.3, 0.4) is 0 Å². The third kappa shape index (κ3) is 3.75. The molecule has 0 saturated carbocycles. The van der Waals surface area contributed by atoms with Gasteiger partial charge < -0.3 is 0 Å². The second-order valence-electron chi connectivity index (χ2n) is 7.47. The lowest BCUT2D eigenvalue weighted by Crippen LogP contribution is -2.23. The third-order valence-electron chi connectivity index (χ3n) is 4.88. The SMILES string of the molecule is CC(C)c1ccccc1-n1c(=O)c2ccccc2n2c(SCCS(C)(=O)=O)nnc12. The Morgan fingerprint density at radius 2 is 1.73 bits per heavy atom. The topological polar surface area (TPSA) is 86.3 Å². The first-order valence-corrected chi connectivity index (χ1v) is 12.6. The van der Waals surface area contributed by atoms with Gasteiger partial charge in [0, 0.05) is 12.0 Å². The Kier molecular flexibility index (Phi) is 5.42. The molecule has 0 saturated heterocycles. The summed E-state index contributed by atoms with van der Waals surface area (Å²) in [6, 6.07) is 15.1. The van der Waals surface area contributed by atoms with Crippen LogP contribution in [0.1, 0.15) is 25.3 Å². The number of para-hydroxylation sites is 2. The molecule has 0 aliphatic rings. The van der Waals surface area contributed by atoms with Gasteiger partial charge in [-0.05, 0) is 29.7 Å². The van der Waals surface area contributed by atoms with E-state index in [-0.39, 0.29) is 17.2 Å². The standard InChI is InChI=1S/C21H22N4O3S2/c1-14(2)15-8-4-6-10-17(15)24-19(26)16-9-5-7-11-18(16)25-20(24)22-23-21(25)29-12-13-30(3,27)28/h4-11,14H,12-13H2,1-3H3. The second-order valence-corrected chi connectivity index (χ2v) is 10.8. The summed E-state index contributed by atoms with van der Waals surface area (Å²) in [6.45, 7) is 4.16. The minimum atomic E-state index is -3.08. The fourth-order valence-corrected chi connectivity index (χ4v) is 5.59. The summed E-state index contributed by atoms with van der Waals surface area (Å²) >= 11 is 1.31. The number of benzene rings is 2. The molecule has 0 bridgehead atoms. The minimum Gasteiger partial charge on any atom is -0.268 e. The molecule has 0 aliphatic heterocycles. The molecule has 4 rings (SSSR count). The Labute approximate surface area is 178 Å². The number of aromatic nitrogens is 4. The second kappa shape index (κ2) is 7.88. The van der Waals surface area contributed by atoms with Gasteiger partial charge in [-0.2, -0.15) is 0 Å². The van der Waals surface area contributed by atoms with E-state index >= 15 is 0 Å². The van der Waals surface area contributed by atoms with E-state index in [1.165, 1.54) is 18.0 Å². The highest BCUT2D eigenvalue weighted by Crippen LogP contribution is 2.27. The average molecular weight is 443 g/mol. The van der Waals surface area contributed by atoms with Crippen LogP contribution in [-0.2, 0) is 9.84 Å². The van der Waals surface area contributed by atoms with Gasteiger partial charge in [0.2, 0.25) is 5.78 Å². The first kappa shape index (κ1) is 20.6. The van der Waals surface area contributed by atoms with Crippen LogP contribution in [0.25, 0.3) is 22.4 Å². The summed E-state index contributed by atoms with van der Waals surface area (Å²) in [5.74, 6) is 1.02. The maximum absolute atomic E-state index is 13.5. The molecule has 0 radical (unpaired) electrons. The van der Waals surface area contributed by atoms with Crippen molar-refractivity contribution in [2.24, 2.45) is 0 Å². The normalized spacial score (nSPS) is 12.3. The number of fused-ring (bicyclic) bond motifs is 3. The Morgan fingerprint density at radius 3 is 2.47 bits per heavy atom. The molecule has 0 fully saturated rings. The zero-order valence-corrected chi connectivity index (χ0v) is 18.6. The predicted molar refractivity (Wildman–Crippen MR) is 121 cm³/mol. The summed E-state index contributed by atoms with van der Waals surface area (Å²) in [5.41, 5.74) is 2.34. The minimum absolute atomic E-state index is 0.0420. The maximum Gasteiger partial charge on any atom is 0.267 e. The molecule has 0 amide bonds. The van der Waals surface area contributed by atoms with Gasteiger partial charge in [0.25, 0.3) is 5.56 Å². The Hall–Kier alpha value is -2.65. The molecule has 0 aliphatic carbocycles. The van der Waals surface area contributed by atoms with Gasteiger partial charge in [-0.3, -0.25) is 9.20 Å². The van der Waals surface area contributed by atoms with Crippen molar-refractivity contribution in [3.8, 4) is 5.69 Å². The lowest BCUT2D eigenvalue weighted by molar-refractivity contribution is 0.603. The summed E-state index contributed by atoms with van der Waals surface area (Å²) < 4.78 is 26.5. The quantitative estimate of drug-likeness (QED) is 0.426. The lowest BCUT2D eigenvalue weighted by Gasteiger charge is -2.16. The van der Waals surface area contributed by atoms with Gasteiger partial charge >= 0.3 is 0 Å². The number of nitrogens with zero attached hydrogens (tertiary/aromatic N) is 4. The van der Waals surface area contributed by atoms with E-state index in [4.69, 9.17) is 0 Å². The van der Waals surface area contributed by atoms with E-state index in [2.05, 4.69) is 24.0 Å². The van der Waals surface area contributed by atoms with E-state index in [9.17, 15) is 13.2 Å². The van der Waals surface area contributed by atoms with E-state index in [0.717, 1.165) is 11.3 Å². The van der Waals surface area contributed by atoms with Crippen molar-refractivity contribution in [3.05, 3.63) is 64.4 Å². The molecule has 2 aromatic heterocycles. The van der Waals surface area contributed by atoms with Crippen LogP contribution in [0.5, 0.6) is 0 Å². The van der Waals surface area contributed by atoms with Crippen molar-refractivity contribution in [2.45, 2.75) is 24.9 Å². The molecule has 30 heavy (non-hydrogen) atoms. The maximum atomic E-state index is 13.5. The summed E-state index contributed by atoms with van der Waals surface area (Å²) in [5, 5.41) is 9.72. The zero-order chi connectivity index (χ0) is 21.5. The molecule has 7 nitrogen and oxygen atoms in total. The van der Waals surface area contributed by atoms with Gasteiger partial charge in [0.15, 0.2) is 5.16 Å². The van der Waals surface area contributed by atoms with Crippen LogP contribution in [0.4, 0.5) is 0 Å². The van der Waals surface area contributed by atoms with E-state index < -0.39 is 9.84 Å².